The second-order valence-electron chi connectivity index (χ2n) is 3.69. The Labute approximate surface area is 111 Å². The van der Waals surface area contributed by atoms with Gasteiger partial charge in [-0.1, -0.05) is 11.6 Å². The molecule has 1 heterocycles. The predicted octanol–water partition coefficient (Wildman–Crippen LogP) is 4.13. The number of aromatic nitrogens is 1. The molecule has 19 heavy (non-hydrogen) atoms. The molecule has 0 aliphatic rings. The Morgan fingerprint density at radius 1 is 1.11 bits per heavy atom. The number of nitrogen functional groups attached to an aromatic ring is 1. The lowest BCUT2D eigenvalue weighted by Crippen LogP contribution is -2.08. The molecule has 7 heteroatoms. The fraction of sp³-hybridized carbons (Fsp3) is 0.0833. The largest absolute Gasteiger partial charge is 0.456 e. The van der Waals surface area contributed by atoms with Crippen LogP contribution in [0.1, 0.15) is 5.56 Å². The Bertz CT molecular complexity index is 602. The van der Waals surface area contributed by atoms with Crippen LogP contribution in [0, 0.1) is 0 Å². The van der Waals surface area contributed by atoms with Crippen molar-refractivity contribution in [3.05, 3.63) is 47.2 Å². The van der Waals surface area contributed by atoms with Gasteiger partial charge in [0.1, 0.15) is 11.5 Å². The van der Waals surface area contributed by atoms with Gasteiger partial charge >= 0.3 is 6.18 Å². The third kappa shape index (κ3) is 3.29. The van der Waals surface area contributed by atoms with E-state index in [1.54, 1.807) is 0 Å². The number of hydrogen-bond donors (Lipinski definition) is 1. The highest BCUT2D eigenvalue weighted by Crippen LogP contribution is 2.36. The summed E-state index contributed by atoms with van der Waals surface area (Å²) in [5.74, 6) is 0.246. The number of rotatable bonds is 2. The summed E-state index contributed by atoms with van der Waals surface area (Å²) in [6, 6.07) is 4.75. The van der Waals surface area contributed by atoms with Crippen LogP contribution in [0.5, 0.6) is 11.5 Å². The third-order valence-corrected chi connectivity index (χ3v) is 2.45. The number of ether oxygens (including phenoxy) is 1. The maximum Gasteiger partial charge on any atom is 0.418 e. The van der Waals surface area contributed by atoms with Gasteiger partial charge in [0.15, 0.2) is 0 Å². The normalized spacial score (nSPS) is 11.4. The quantitative estimate of drug-likeness (QED) is 0.845. The van der Waals surface area contributed by atoms with Crippen molar-refractivity contribution >= 4 is 17.3 Å². The van der Waals surface area contributed by atoms with Crippen molar-refractivity contribution in [3.8, 4) is 11.5 Å². The fourth-order valence-corrected chi connectivity index (χ4v) is 1.59. The van der Waals surface area contributed by atoms with Crippen LogP contribution in [0.3, 0.4) is 0 Å². The first-order valence-corrected chi connectivity index (χ1v) is 5.49. The molecule has 0 radical (unpaired) electrons. The van der Waals surface area contributed by atoms with Crippen LogP contribution < -0.4 is 10.5 Å². The highest BCUT2D eigenvalue weighted by molar-refractivity contribution is 6.30. The minimum atomic E-state index is -4.53. The van der Waals surface area contributed by atoms with Crippen molar-refractivity contribution in [2.75, 3.05) is 5.73 Å². The summed E-state index contributed by atoms with van der Waals surface area (Å²) in [5, 5.41) is 0.323. The van der Waals surface area contributed by atoms with E-state index in [1.165, 1.54) is 24.5 Å². The Kier molecular flexibility index (Phi) is 3.53. The van der Waals surface area contributed by atoms with Gasteiger partial charge in [0.05, 0.1) is 16.8 Å². The van der Waals surface area contributed by atoms with E-state index >= 15 is 0 Å². The van der Waals surface area contributed by atoms with Gasteiger partial charge in [0.2, 0.25) is 0 Å². The molecule has 3 nitrogen and oxygen atoms in total. The lowest BCUT2D eigenvalue weighted by atomic mass is 10.1. The summed E-state index contributed by atoms with van der Waals surface area (Å²) in [5.41, 5.74) is 3.98. The first-order chi connectivity index (χ1) is 8.86. The Morgan fingerprint density at radius 2 is 1.84 bits per heavy atom. The summed E-state index contributed by atoms with van der Waals surface area (Å²) in [4.78, 5) is 3.77. The smallest absolute Gasteiger partial charge is 0.418 e. The molecule has 0 bridgehead atoms. The summed E-state index contributed by atoms with van der Waals surface area (Å²) in [7, 11) is 0. The average molecular weight is 289 g/mol. The maximum atomic E-state index is 12.7. The number of hydrogen-bond acceptors (Lipinski definition) is 3. The molecular formula is C12H8ClF3N2O. The molecule has 0 amide bonds. The van der Waals surface area contributed by atoms with Crippen LogP contribution >= 0.6 is 11.6 Å². The number of benzene rings is 1. The summed E-state index contributed by atoms with van der Waals surface area (Å²) >= 11 is 5.70. The molecule has 0 spiro atoms. The van der Waals surface area contributed by atoms with Crippen molar-refractivity contribution in [2.45, 2.75) is 6.18 Å². The summed E-state index contributed by atoms with van der Waals surface area (Å²) in [6.45, 7) is 0. The maximum absolute atomic E-state index is 12.7. The van der Waals surface area contributed by atoms with E-state index < -0.39 is 11.7 Å². The Balaban J connectivity index is 2.32. The van der Waals surface area contributed by atoms with Crippen molar-refractivity contribution in [1.29, 1.82) is 0 Å². The number of nitrogens with zero attached hydrogens (tertiary/aromatic N) is 1. The van der Waals surface area contributed by atoms with Gasteiger partial charge in [-0.05, 0) is 18.2 Å². The van der Waals surface area contributed by atoms with Gasteiger partial charge in [-0.2, -0.15) is 13.2 Å². The molecule has 2 N–H and O–H groups in total. The molecular weight excluding hydrogens is 281 g/mol. The van der Waals surface area contributed by atoms with Gasteiger partial charge in [-0.3, -0.25) is 4.98 Å². The molecule has 0 aliphatic heterocycles. The number of pyridine rings is 1. The molecule has 0 fully saturated rings. The van der Waals surface area contributed by atoms with E-state index in [2.05, 4.69) is 4.98 Å². The average Bonchev–Trinajstić information content (AvgIpc) is 2.30. The van der Waals surface area contributed by atoms with E-state index in [1.807, 2.05) is 0 Å². The van der Waals surface area contributed by atoms with Gasteiger partial charge in [-0.15, -0.1) is 0 Å². The van der Waals surface area contributed by atoms with Gasteiger partial charge < -0.3 is 10.5 Å². The summed E-state index contributed by atoms with van der Waals surface area (Å²) < 4.78 is 43.2. The van der Waals surface area contributed by atoms with E-state index in [0.29, 0.717) is 5.02 Å². The number of nitrogens with two attached hydrogens (primary N) is 1. The van der Waals surface area contributed by atoms with Crippen LogP contribution in [0.2, 0.25) is 5.02 Å². The van der Waals surface area contributed by atoms with Gasteiger partial charge in [0, 0.05) is 18.0 Å². The minimum Gasteiger partial charge on any atom is -0.456 e. The standard InChI is InChI=1S/C12H8ClF3N2O/c13-7-3-9(6-18-5-7)19-8-1-2-11(17)10(4-8)12(14,15)16/h1-6H,17H2. The van der Waals surface area contributed by atoms with E-state index in [0.717, 1.165) is 12.1 Å². The highest BCUT2D eigenvalue weighted by atomic mass is 35.5. The molecule has 100 valence electrons. The van der Waals surface area contributed by atoms with Gasteiger partial charge in [-0.25, -0.2) is 0 Å². The molecule has 0 aliphatic carbocycles. The monoisotopic (exact) mass is 288 g/mol. The minimum absolute atomic E-state index is 0.00518. The molecule has 0 unspecified atom stereocenters. The summed E-state index contributed by atoms with van der Waals surface area (Å²) in [6.07, 6.45) is -1.80. The van der Waals surface area contributed by atoms with Crippen LogP contribution in [0.25, 0.3) is 0 Å². The predicted molar refractivity (Wildman–Crippen MR) is 65.2 cm³/mol. The second-order valence-corrected chi connectivity index (χ2v) is 4.12. The van der Waals surface area contributed by atoms with Gasteiger partial charge in [0.25, 0.3) is 0 Å². The molecule has 2 aromatic rings. The van der Waals surface area contributed by atoms with E-state index in [4.69, 9.17) is 22.1 Å². The van der Waals surface area contributed by atoms with Crippen molar-refractivity contribution in [3.63, 3.8) is 0 Å². The van der Waals surface area contributed by atoms with Crippen molar-refractivity contribution < 1.29 is 17.9 Å². The SMILES string of the molecule is Nc1ccc(Oc2cncc(Cl)c2)cc1C(F)(F)F. The van der Waals surface area contributed by atoms with Crippen LogP contribution in [0.15, 0.2) is 36.7 Å². The van der Waals surface area contributed by atoms with Crippen molar-refractivity contribution in [2.24, 2.45) is 0 Å². The fourth-order valence-electron chi connectivity index (χ4n) is 1.43. The first kappa shape index (κ1) is 13.5. The molecule has 1 aromatic carbocycles. The molecule has 0 saturated carbocycles. The zero-order valence-corrected chi connectivity index (χ0v) is 10.2. The van der Waals surface area contributed by atoms with Crippen LogP contribution in [-0.4, -0.2) is 4.98 Å². The molecule has 1 aromatic heterocycles. The highest BCUT2D eigenvalue weighted by Gasteiger charge is 2.33. The van der Waals surface area contributed by atoms with Crippen LogP contribution in [-0.2, 0) is 6.18 Å². The second kappa shape index (κ2) is 4.97. The number of anilines is 1. The molecule has 2 rings (SSSR count). The number of alkyl halides is 3. The zero-order valence-electron chi connectivity index (χ0n) is 9.41. The van der Waals surface area contributed by atoms with E-state index in [-0.39, 0.29) is 17.2 Å². The zero-order chi connectivity index (χ0) is 14.0. The van der Waals surface area contributed by atoms with Crippen molar-refractivity contribution in [1.82, 2.24) is 4.98 Å². The Hall–Kier alpha value is -1.95. The Morgan fingerprint density at radius 3 is 2.47 bits per heavy atom. The van der Waals surface area contributed by atoms with Crippen LogP contribution in [0.4, 0.5) is 18.9 Å². The third-order valence-electron chi connectivity index (χ3n) is 2.25. The molecule has 0 saturated heterocycles. The molecule has 0 atom stereocenters. The lowest BCUT2D eigenvalue weighted by Gasteiger charge is -2.12. The topological polar surface area (TPSA) is 48.1 Å². The van der Waals surface area contributed by atoms with E-state index in [9.17, 15) is 13.2 Å². The number of halogens is 4. The first-order valence-electron chi connectivity index (χ1n) is 5.11. The lowest BCUT2D eigenvalue weighted by molar-refractivity contribution is -0.137.